The number of aliphatic carboxylic acids is 1. The predicted octanol–water partition coefficient (Wildman–Crippen LogP) is 6.15. The summed E-state index contributed by atoms with van der Waals surface area (Å²) < 4.78 is 31.2. The van der Waals surface area contributed by atoms with Crippen LogP contribution in [0.5, 0.6) is 11.5 Å². The van der Waals surface area contributed by atoms with Crippen LogP contribution in [0.15, 0.2) is 18.2 Å². The number of carboxylic acids is 1. The van der Waals surface area contributed by atoms with Crippen LogP contribution in [0.4, 0.5) is 14.4 Å². The summed E-state index contributed by atoms with van der Waals surface area (Å²) in [6.07, 6.45) is -0.766. The summed E-state index contributed by atoms with van der Waals surface area (Å²) in [5.74, 6) is -1.66. The van der Waals surface area contributed by atoms with Crippen LogP contribution in [-0.4, -0.2) is 60.0 Å². The number of carbonyl (C=O) groups excluding carboxylic acids is 3. The Bertz CT molecular complexity index is 999. The molecule has 0 heterocycles. The summed E-state index contributed by atoms with van der Waals surface area (Å²) in [7, 11) is 0. The molecule has 4 atom stereocenters. The molecule has 0 fully saturated rings. The van der Waals surface area contributed by atoms with Gasteiger partial charge in [0.05, 0.1) is 6.61 Å². The predicted molar refractivity (Wildman–Crippen MR) is 149 cm³/mol. The van der Waals surface area contributed by atoms with E-state index in [0.717, 1.165) is 19.3 Å². The first-order chi connectivity index (χ1) is 19.3. The first-order valence-corrected chi connectivity index (χ1v) is 14.1. The Balaban J connectivity index is 3.15. The molecule has 232 valence electrons. The molecule has 0 saturated carbocycles. The lowest BCUT2D eigenvalue weighted by Gasteiger charge is -2.28. The Hall–Kier alpha value is -3.54. The van der Waals surface area contributed by atoms with Gasteiger partial charge in [0.1, 0.15) is 23.9 Å². The van der Waals surface area contributed by atoms with Gasteiger partial charge in [0.2, 0.25) is 0 Å². The molecule has 3 N–H and O–H groups in total. The van der Waals surface area contributed by atoms with E-state index in [-0.39, 0.29) is 30.9 Å². The molecule has 1 rings (SSSR count). The van der Waals surface area contributed by atoms with Gasteiger partial charge >= 0.3 is 24.4 Å². The van der Waals surface area contributed by atoms with E-state index in [4.69, 9.17) is 34.2 Å². The number of carbonyl (C=O) groups is 4. The minimum Gasteiger partial charge on any atom is -0.480 e. The number of benzene rings is 1. The third-order valence-electron chi connectivity index (χ3n) is 5.99. The van der Waals surface area contributed by atoms with Crippen LogP contribution in [-0.2, 0) is 30.2 Å². The molecule has 0 spiro atoms. The number of ether oxygens (including phenoxy) is 6. The summed E-state index contributed by atoms with van der Waals surface area (Å²) in [5.41, 5.74) is 4.73. The number of rotatable bonds is 17. The second kappa shape index (κ2) is 18.0. The van der Waals surface area contributed by atoms with Crippen molar-refractivity contribution < 1.29 is 52.7 Å². The molecule has 3 unspecified atom stereocenters. The monoisotopic (exact) mass is 583 g/mol. The van der Waals surface area contributed by atoms with Gasteiger partial charge < -0.3 is 39.3 Å². The Morgan fingerprint density at radius 1 is 0.805 bits per heavy atom. The molecule has 0 aliphatic rings. The Morgan fingerprint density at radius 3 is 1.85 bits per heavy atom. The minimum atomic E-state index is -1.87. The van der Waals surface area contributed by atoms with E-state index >= 15 is 0 Å². The first-order valence-electron chi connectivity index (χ1n) is 14.1. The first kappa shape index (κ1) is 35.5. The molecule has 12 heteroatoms. The molecule has 0 radical (unpaired) electrons. The third-order valence-corrected chi connectivity index (χ3v) is 5.99. The molecule has 1 aromatic carbocycles. The molecule has 41 heavy (non-hydrogen) atoms. The van der Waals surface area contributed by atoms with Gasteiger partial charge in [-0.05, 0) is 57.7 Å². The molecule has 1 aromatic rings. The van der Waals surface area contributed by atoms with E-state index in [1.54, 1.807) is 13.8 Å². The molecule has 0 aliphatic carbocycles. The van der Waals surface area contributed by atoms with Crippen molar-refractivity contribution >= 4 is 24.4 Å². The molecule has 0 bridgehead atoms. The fourth-order valence-corrected chi connectivity index (χ4v) is 3.97. The van der Waals surface area contributed by atoms with Gasteiger partial charge in [-0.1, -0.05) is 46.1 Å². The highest BCUT2D eigenvalue weighted by atomic mass is 16.8. The highest BCUT2D eigenvalue weighted by Crippen LogP contribution is 2.32. The maximum Gasteiger partial charge on any atom is 0.514 e. The van der Waals surface area contributed by atoms with Crippen molar-refractivity contribution in [3.63, 3.8) is 0 Å². The summed E-state index contributed by atoms with van der Waals surface area (Å²) in [5, 5.41) is 9.93. The normalized spacial score (nSPS) is 14.5. The number of carboxylic acid groups (broad SMARTS) is 1. The van der Waals surface area contributed by atoms with Crippen molar-refractivity contribution in [1.82, 2.24) is 0 Å². The Morgan fingerprint density at radius 2 is 1.34 bits per heavy atom. The third kappa shape index (κ3) is 13.6. The van der Waals surface area contributed by atoms with E-state index < -0.39 is 48.3 Å². The number of hydrogen-bond acceptors (Lipinski definition) is 11. The molecule has 0 amide bonds. The quantitative estimate of drug-likeness (QED) is 0.0929. The summed E-state index contributed by atoms with van der Waals surface area (Å²) in [6.45, 7) is 11.0. The topological polar surface area (TPSA) is 170 Å². The Kier molecular flexibility index (Phi) is 15.6. The second-order valence-electron chi connectivity index (χ2n) is 10.1. The standard InChI is InChI=1S/C29H45NO11/c1-7-10-15-36-26(33)39-21(6)17-29(30,25(31)32)18-22-13-14-23(40-27(34)37-19(4)11-8-2)24(16-22)41-28(35)38-20(5)12-9-3/h13-14,16,19-21H,7-12,15,17-18,30H2,1-6H3,(H,31,32)/t19?,20?,21-,29?/m0/s1. The lowest BCUT2D eigenvalue weighted by Crippen LogP contribution is -2.52. The van der Waals surface area contributed by atoms with Crippen LogP contribution in [0, 0.1) is 0 Å². The van der Waals surface area contributed by atoms with Gasteiger partial charge in [-0.3, -0.25) is 4.79 Å². The van der Waals surface area contributed by atoms with Crippen LogP contribution in [0.2, 0.25) is 0 Å². The van der Waals surface area contributed by atoms with E-state index in [9.17, 15) is 24.3 Å². The lowest BCUT2D eigenvalue weighted by atomic mass is 9.86. The van der Waals surface area contributed by atoms with Crippen LogP contribution >= 0.6 is 0 Å². The van der Waals surface area contributed by atoms with Gasteiger partial charge in [0, 0.05) is 12.8 Å². The van der Waals surface area contributed by atoms with Gasteiger partial charge in [0.15, 0.2) is 11.5 Å². The highest BCUT2D eigenvalue weighted by Gasteiger charge is 2.37. The van der Waals surface area contributed by atoms with E-state index in [1.165, 1.54) is 25.1 Å². The fourth-order valence-electron chi connectivity index (χ4n) is 3.97. The van der Waals surface area contributed by atoms with Crippen molar-refractivity contribution in [1.29, 1.82) is 0 Å². The van der Waals surface area contributed by atoms with Crippen molar-refractivity contribution in [2.45, 2.75) is 117 Å². The second-order valence-corrected chi connectivity index (χ2v) is 10.1. The molecular formula is C29H45NO11. The smallest absolute Gasteiger partial charge is 0.480 e. The summed E-state index contributed by atoms with van der Waals surface area (Å²) in [6, 6.07) is 4.15. The molecule has 0 saturated heterocycles. The van der Waals surface area contributed by atoms with Crippen LogP contribution < -0.4 is 15.2 Å². The van der Waals surface area contributed by atoms with Gasteiger partial charge in [-0.15, -0.1) is 0 Å². The highest BCUT2D eigenvalue weighted by molar-refractivity contribution is 5.79. The maximum atomic E-state index is 12.5. The lowest BCUT2D eigenvalue weighted by molar-refractivity contribution is -0.144. The average molecular weight is 584 g/mol. The van der Waals surface area contributed by atoms with Crippen molar-refractivity contribution in [2.24, 2.45) is 5.73 Å². The molecule has 0 aromatic heterocycles. The Labute approximate surface area is 241 Å². The number of nitrogens with two attached hydrogens (primary N) is 1. The largest absolute Gasteiger partial charge is 0.514 e. The minimum absolute atomic E-state index is 0.132. The van der Waals surface area contributed by atoms with Crippen LogP contribution in [0.25, 0.3) is 0 Å². The van der Waals surface area contributed by atoms with E-state index in [1.807, 2.05) is 20.8 Å². The summed E-state index contributed by atoms with van der Waals surface area (Å²) in [4.78, 5) is 48.9. The zero-order chi connectivity index (χ0) is 31.0. The van der Waals surface area contributed by atoms with Gasteiger partial charge in [-0.2, -0.15) is 0 Å². The number of hydrogen-bond donors (Lipinski definition) is 2. The maximum absolute atomic E-state index is 12.5. The van der Waals surface area contributed by atoms with Crippen molar-refractivity contribution in [2.75, 3.05) is 6.61 Å². The molecule has 12 nitrogen and oxygen atoms in total. The zero-order valence-electron chi connectivity index (χ0n) is 24.9. The van der Waals surface area contributed by atoms with E-state index in [0.29, 0.717) is 24.8 Å². The van der Waals surface area contributed by atoms with Crippen molar-refractivity contribution in [3.05, 3.63) is 23.8 Å². The van der Waals surface area contributed by atoms with Crippen LogP contribution in [0.3, 0.4) is 0 Å². The van der Waals surface area contributed by atoms with Crippen molar-refractivity contribution in [3.8, 4) is 11.5 Å². The van der Waals surface area contributed by atoms with Gasteiger partial charge in [0.25, 0.3) is 0 Å². The van der Waals surface area contributed by atoms with Gasteiger partial charge in [-0.25, -0.2) is 14.4 Å². The van der Waals surface area contributed by atoms with E-state index in [2.05, 4.69) is 0 Å². The zero-order valence-corrected chi connectivity index (χ0v) is 24.9. The van der Waals surface area contributed by atoms with Crippen LogP contribution in [0.1, 0.15) is 92.1 Å². The SMILES string of the molecule is CCCCOC(=O)O[C@@H](C)CC(N)(Cc1ccc(OC(=O)OC(C)CCC)c(OC(=O)OC(C)CCC)c1)C(=O)O. The number of unbranched alkanes of at least 4 members (excludes halogenated alkanes) is 1. The fraction of sp³-hybridized carbons (Fsp3) is 0.655. The molecule has 0 aliphatic heterocycles. The summed E-state index contributed by atoms with van der Waals surface area (Å²) >= 11 is 0. The average Bonchev–Trinajstić information content (AvgIpc) is 2.85. The molecular weight excluding hydrogens is 538 g/mol.